The molecule has 0 bridgehead atoms. The Morgan fingerprint density at radius 3 is 2.65 bits per heavy atom. The predicted octanol–water partition coefficient (Wildman–Crippen LogP) is 4.74. The number of halogens is 2. The number of ether oxygens (including phenoxy) is 1. The van der Waals surface area contributed by atoms with E-state index in [1.807, 2.05) is 0 Å². The van der Waals surface area contributed by atoms with E-state index >= 15 is 0 Å². The molecule has 1 fully saturated rings. The van der Waals surface area contributed by atoms with E-state index in [2.05, 4.69) is 10.6 Å². The maximum atomic E-state index is 12.8. The largest absolute Gasteiger partial charge is 0.462 e. The molecule has 1 aromatic rings. The monoisotopic (exact) mass is 396 g/mol. The Morgan fingerprint density at radius 1 is 1.23 bits per heavy atom. The Morgan fingerprint density at radius 2 is 1.96 bits per heavy atom. The highest BCUT2D eigenvalue weighted by molar-refractivity contribution is 6.35. The van der Waals surface area contributed by atoms with Crippen LogP contribution in [0.5, 0.6) is 0 Å². The van der Waals surface area contributed by atoms with Gasteiger partial charge in [-0.15, -0.1) is 0 Å². The summed E-state index contributed by atoms with van der Waals surface area (Å²) in [7, 11) is 0. The summed E-state index contributed by atoms with van der Waals surface area (Å²) in [5.74, 6) is -0.0195. The molecule has 1 unspecified atom stereocenters. The van der Waals surface area contributed by atoms with Crippen LogP contribution in [0.1, 0.15) is 50.6 Å². The van der Waals surface area contributed by atoms with E-state index in [4.69, 9.17) is 27.9 Å². The Balaban J connectivity index is 1.81. The average molecular weight is 397 g/mol. The number of amides is 2. The SMILES string of the molecule is CC1=C(C(=O)OCC2CCCCC2)C(c2ccc(Cl)cc2Cl)NC(=O)N1. The summed E-state index contributed by atoms with van der Waals surface area (Å²) in [4.78, 5) is 24.7. The summed E-state index contributed by atoms with van der Waals surface area (Å²) in [6.45, 7) is 2.09. The Hall–Kier alpha value is -1.72. The number of benzene rings is 1. The van der Waals surface area contributed by atoms with Gasteiger partial charge < -0.3 is 15.4 Å². The van der Waals surface area contributed by atoms with Crippen LogP contribution in [-0.2, 0) is 9.53 Å². The number of hydrogen-bond donors (Lipinski definition) is 2. The normalized spacial score (nSPS) is 21.2. The van der Waals surface area contributed by atoms with Crippen molar-refractivity contribution in [3.8, 4) is 0 Å². The van der Waals surface area contributed by atoms with E-state index < -0.39 is 12.0 Å². The molecule has 0 aromatic heterocycles. The summed E-state index contributed by atoms with van der Waals surface area (Å²) in [5, 5.41) is 6.27. The maximum Gasteiger partial charge on any atom is 0.338 e. The van der Waals surface area contributed by atoms with Crippen LogP contribution >= 0.6 is 23.2 Å². The zero-order valence-electron chi connectivity index (χ0n) is 14.6. The van der Waals surface area contributed by atoms with Gasteiger partial charge in [-0.25, -0.2) is 9.59 Å². The van der Waals surface area contributed by atoms with Gasteiger partial charge in [0.25, 0.3) is 0 Å². The molecule has 140 valence electrons. The molecule has 1 atom stereocenters. The lowest BCUT2D eigenvalue weighted by molar-refractivity contribution is -0.141. The van der Waals surface area contributed by atoms with Crippen molar-refractivity contribution in [1.82, 2.24) is 10.6 Å². The van der Waals surface area contributed by atoms with E-state index in [-0.39, 0.29) is 6.03 Å². The molecule has 5 nitrogen and oxygen atoms in total. The van der Waals surface area contributed by atoms with E-state index in [1.165, 1.54) is 19.3 Å². The van der Waals surface area contributed by atoms with Crippen molar-refractivity contribution in [3.05, 3.63) is 45.1 Å². The smallest absolute Gasteiger partial charge is 0.338 e. The van der Waals surface area contributed by atoms with Crippen molar-refractivity contribution in [2.75, 3.05) is 6.61 Å². The second-order valence-corrected chi connectivity index (χ2v) is 7.68. The second-order valence-electron chi connectivity index (χ2n) is 6.84. The molecule has 26 heavy (non-hydrogen) atoms. The highest BCUT2D eigenvalue weighted by atomic mass is 35.5. The predicted molar refractivity (Wildman–Crippen MR) is 101 cm³/mol. The zero-order chi connectivity index (χ0) is 18.7. The molecular formula is C19H22Cl2N2O3. The number of carbonyl (C=O) groups excluding carboxylic acids is 2. The van der Waals surface area contributed by atoms with Crippen LogP contribution in [0.2, 0.25) is 10.0 Å². The van der Waals surface area contributed by atoms with Gasteiger partial charge in [0, 0.05) is 15.7 Å². The van der Waals surface area contributed by atoms with Gasteiger partial charge in [0.15, 0.2) is 0 Å². The molecular weight excluding hydrogens is 375 g/mol. The van der Waals surface area contributed by atoms with Crippen LogP contribution in [0.3, 0.4) is 0 Å². The first-order valence-corrected chi connectivity index (χ1v) is 9.61. The summed E-state index contributed by atoms with van der Waals surface area (Å²) in [6, 6.07) is 3.92. The quantitative estimate of drug-likeness (QED) is 0.721. The second kappa shape index (κ2) is 8.31. The molecule has 1 heterocycles. The standard InChI is InChI=1S/C19H22Cl2N2O3/c1-11-16(18(24)26-10-12-5-3-2-4-6-12)17(23-19(25)22-11)14-8-7-13(20)9-15(14)21/h7-9,12,17H,2-6,10H2,1H3,(H2,22,23,25). The number of carbonyl (C=O) groups is 2. The van der Waals surface area contributed by atoms with E-state index in [9.17, 15) is 9.59 Å². The van der Waals surface area contributed by atoms with Crippen molar-refractivity contribution < 1.29 is 14.3 Å². The van der Waals surface area contributed by atoms with Gasteiger partial charge in [0.2, 0.25) is 0 Å². The van der Waals surface area contributed by atoms with E-state index in [0.29, 0.717) is 39.4 Å². The molecule has 1 aliphatic carbocycles. The molecule has 3 rings (SSSR count). The van der Waals surface area contributed by atoms with Gasteiger partial charge in [-0.1, -0.05) is 48.5 Å². The molecule has 1 aromatic carbocycles. The minimum atomic E-state index is -0.674. The Kier molecular flexibility index (Phi) is 6.09. The van der Waals surface area contributed by atoms with E-state index in [1.54, 1.807) is 25.1 Å². The summed E-state index contributed by atoms with van der Waals surface area (Å²) in [6.07, 6.45) is 5.80. The molecule has 0 radical (unpaired) electrons. The van der Waals surface area contributed by atoms with Gasteiger partial charge >= 0.3 is 12.0 Å². The summed E-state index contributed by atoms with van der Waals surface area (Å²) < 4.78 is 5.58. The molecule has 0 spiro atoms. The summed E-state index contributed by atoms with van der Waals surface area (Å²) >= 11 is 12.3. The third kappa shape index (κ3) is 4.33. The highest BCUT2D eigenvalue weighted by Crippen LogP contribution is 2.34. The number of rotatable bonds is 4. The minimum absolute atomic E-state index is 0.365. The van der Waals surface area contributed by atoms with Crippen LogP contribution in [0.25, 0.3) is 0 Å². The fourth-order valence-corrected chi connectivity index (χ4v) is 4.08. The number of nitrogens with one attached hydrogen (secondary N) is 2. The number of urea groups is 1. The molecule has 2 aliphatic rings. The number of allylic oxidation sites excluding steroid dienone is 1. The van der Waals surface area contributed by atoms with Crippen LogP contribution < -0.4 is 10.6 Å². The molecule has 2 N–H and O–H groups in total. The van der Waals surface area contributed by atoms with Gasteiger partial charge in [0.05, 0.1) is 18.2 Å². The van der Waals surface area contributed by atoms with Crippen molar-refractivity contribution in [2.24, 2.45) is 5.92 Å². The third-order valence-electron chi connectivity index (χ3n) is 4.94. The maximum absolute atomic E-state index is 12.8. The molecule has 0 saturated heterocycles. The van der Waals surface area contributed by atoms with Crippen LogP contribution in [0.15, 0.2) is 29.5 Å². The van der Waals surface area contributed by atoms with E-state index in [0.717, 1.165) is 12.8 Å². The average Bonchev–Trinajstić information content (AvgIpc) is 2.60. The fraction of sp³-hybridized carbons (Fsp3) is 0.474. The van der Waals surface area contributed by atoms with Crippen molar-refractivity contribution in [1.29, 1.82) is 0 Å². The van der Waals surface area contributed by atoms with Gasteiger partial charge in [0.1, 0.15) is 0 Å². The third-order valence-corrected chi connectivity index (χ3v) is 5.50. The lowest BCUT2D eigenvalue weighted by atomic mass is 9.90. The minimum Gasteiger partial charge on any atom is -0.462 e. The zero-order valence-corrected chi connectivity index (χ0v) is 16.1. The first kappa shape index (κ1) is 19.1. The topological polar surface area (TPSA) is 67.4 Å². The van der Waals surface area contributed by atoms with Crippen LogP contribution in [0, 0.1) is 5.92 Å². The molecule has 7 heteroatoms. The van der Waals surface area contributed by atoms with Gasteiger partial charge in [-0.3, -0.25) is 0 Å². The number of esters is 1. The Bertz CT molecular complexity index is 742. The number of hydrogen-bond acceptors (Lipinski definition) is 3. The van der Waals surface area contributed by atoms with Crippen LogP contribution in [-0.4, -0.2) is 18.6 Å². The van der Waals surface area contributed by atoms with Crippen molar-refractivity contribution >= 4 is 35.2 Å². The van der Waals surface area contributed by atoms with Gasteiger partial charge in [-0.05, 0) is 43.4 Å². The molecule has 2 amide bonds. The lowest BCUT2D eigenvalue weighted by Gasteiger charge is -2.29. The highest BCUT2D eigenvalue weighted by Gasteiger charge is 2.33. The van der Waals surface area contributed by atoms with Gasteiger partial charge in [-0.2, -0.15) is 0 Å². The first-order chi connectivity index (χ1) is 12.5. The summed E-state index contributed by atoms with van der Waals surface area (Å²) in [5.41, 5.74) is 1.44. The van der Waals surface area contributed by atoms with Crippen molar-refractivity contribution in [2.45, 2.75) is 45.1 Å². The lowest BCUT2D eigenvalue weighted by Crippen LogP contribution is -2.45. The molecule has 1 aliphatic heterocycles. The Labute approximate surface area is 163 Å². The van der Waals surface area contributed by atoms with Crippen molar-refractivity contribution in [3.63, 3.8) is 0 Å². The fourth-order valence-electron chi connectivity index (χ4n) is 3.56. The molecule has 1 saturated carbocycles. The first-order valence-electron chi connectivity index (χ1n) is 8.86. The van der Waals surface area contributed by atoms with Crippen LogP contribution in [0.4, 0.5) is 4.79 Å².